The fraction of sp³-hybridized carbons (Fsp3) is 0.227. The first-order valence-electron chi connectivity index (χ1n) is 9.89. The van der Waals surface area contributed by atoms with Gasteiger partial charge in [-0.1, -0.05) is 23.7 Å². The van der Waals surface area contributed by atoms with Crippen LogP contribution in [-0.2, 0) is 14.8 Å². The van der Waals surface area contributed by atoms with E-state index in [0.717, 1.165) is 15.8 Å². The molecule has 0 aliphatic carbocycles. The van der Waals surface area contributed by atoms with Gasteiger partial charge in [0.25, 0.3) is 10.0 Å². The van der Waals surface area contributed by atoms with Crippen molar-refractivity contribution in [2.24, 2.45) is 0 Å². The summed E-state index contributed by atoms with van der Waals surface area (Å²) in [5, 5.41) is 7.01. The quantitative estimate of drug-likeness (QED) is 0.588. The van der Waals surface area contributed by atoms with Crippen LogP contribution < -0.4 is 10.0 Å². The third-order valence-electron chi connectivity index (χ3n) is 5.39. The molecule has 0 fully saturated rings. The van der Waals surface area contributed by atoms with Gasteiger partial charge in [-0.05, 0) is 61.7 Å². The zero-order chi connectivity index (χ0) is 23.2. The molecule has 0 atom stereocenters. The number of fused-ring (bicyclic) bond motifs is 1. The van der Waals surface area contributed by atoms with Gasteiger partial charge in [-0.15, -0.1) is 0 Å². The maximum absolute atomic E-state index is 13.1. The number of hydrogen-bond acceptors (Lipinski definition) is 5. The van der Waals surface area contributed by atoms with Crippen molar-refractivity contribution in [3.8, 4) is 11.1 Å². The highest BCUT2D eigenvalue weighted by molar-refractivity contribution is 7.92. The van der Waals surface area contributed by atoms with Gasteiger partial charge in [-0.3, -0.25) is 14.3 Å². The zero-order valence-electron chi connectivity index (χ0n) is 17.7. The Kier molecular flexibility index (Phi) is 5.56. The normalized spacial score (nSPS) is 14.0. The number of carbonyl (C=O) groups excluding carboxylic acids is 2. The number of aromatic nitrogens is 2. The van der Waals surface area contributed by atoms with E-state index in [1.54, 1.807) is 25.1 Å². The molecular formula is C22H21ClN4O4S. The van der Waals surface area contributed by atoms with Crippen LogP contribution in [-0.4, -0.2) is 30.0 Å². The van der Waals surface area contributed by atoms with Crippen LogP contribution in [0.1, 0.15) is 34.5 Å². The summed E-state index contributed by atoms with van der Waals surface area (Å²) in [4.78, 5) is 24.3. The molecule has 0 saturated carbocycles. The highest BCUT2D eigenvalue weighted by atomic mass is 35.5. The Morgan fingerprint density at radius 1 is 1.03 bits per heavy atom. The van der Waals surface area contributed by atoms with Crippen LogP contribution in [0.5, 0.6) is 0 Å². The summed E-state index contributed by atoms with van der Waals surface area (Å²) in [6.45, 7) is 5.52. The van der Waals surface area contributed by atoms with Crippen molar-refractivity contribution in [2.75, 3.05) is 10.0 Å². The summed E-state index contributed by atoms with van der Waals surface area (Å²) in [6, 6.07) is 9.77. The van der Waals surface area contributed by atoms with E-state index in [1.807, 2.05) is 19.9 Å². The molecule has 8 nitrogen and oxygen atoms in total. The second-order valence-electron chi connectivity index (χ2n) is 7.71. The Balaban J connectivity index is 1.80. The summed E-state index contributed by atoms with van der Waals surface area (Å²) >= 11 is 6.26. The predicted molar refractivity (Wildman–Crippen MR) is 123 cm³/mol. The average molecular weight is 473 g/mol. The largest absolute Gasteiger partial charge is 0.310 e. The Hall–Kier alpha value is -3.17. The van der Waals surface area contributed by atoms with Gasteiger partial charge in [0.05, 0.1) is 10.7 Å². The Bertz CT molecular complexity index is 1380. The molecule has 166 valence electrons. The number of sulfonamides is 1. The van der Waals surface area contributed by atoms with E-state index in [0.29, 0.717) is 22.5 Å². The summed E-state index contributed by atoms with van der Waals surface area (Å²) in [5.74, 6) is -0.398. The number of anilines is 2. The molecule has 1 aliphatic heterocycles. The number of nitrogens with one attached hydrogen (secondary N) is 2. The number of hydrogen-bond donors (Lipinski definition) is 2. The van der Waals surface area contributed by atoms with E-state index < -0.39 is 10.0 Å². The monoisotopic (exact) mass is 472 g/mol. The number of rotatable bonds is 4. The molecule has 0 unspecified atom stereocenters. The number of halogens is 1. The molecule has 1 amide bonds. The average Bonchev–Trinajstić information content (AvgIpc) is 2.97. The predicted octanol–water partition coefficient (Wildman–Crippen LogP) is 4.30. The van der Waals surface area contributed by atoms with Crippen molar-refractivity contribution in [3.63, 3.8) is 0 Å². The Morgan fingerprint density at radius 2 is 1.78 bits per heavy atom. The fourth-order valence-corrected chi connectivity index (χ4v) is 5.15. The molecule has 1 aromatic heterocycles. The van der Waals surface area contributed by atoms with Crippen molar-refractivity contribution in [2.45, 2.75) is 38.5 Å². The van der Waals surface area contributed by atoms with Gasteiger partial charge in [0.2, 0.25) is 11.8 Å². The highest BCUT2D eigenvalue weighted by Crippen LogP contribution is 2.36. The van der Waals surface area contributed by atoms with Crippen molar-refractivity contribution in [3.05, 3.63) is 58.2 Å². The lowest BCUT2D eigenvalue weighted by molar-refractivity contribution is -0.116. The van der Waals surface area contributed by atoms with Crippen molar-refractivity contribution in [1.82, 2.24) is 9.78 Å². The number of nitrogens with zero attached hydrogens (tertiary/aromatic N) is 2. The molecule has 1 aliphatic rings. The van der Waals surface area contributed by atoms with Gasteiger partial charge in [-0.2, -0.15) is 9.78 Å². The lowest BCUT2D eigenvalue weighted by atomic mass is 10.1. The highest BCUT2D eigenvalue weighted by Gasteiger charge is 2.27. The van der Waals surface area contributed by atoms with Crippen LogP contribution in [0.3, 0.4) is 0 Å². The second-order valence-corrected chi connectivity index (χ2v) is 9.77. The van der Waals surface area contributed by atoms with Crippen LogP contribution in [0.15, 0.2) is 41.3 Å². The zero-order valence-corrected chi connectivity index (χ0v) is 19.3. The summed E-state index contributed by atoms with van der Waals surface area (Å²) < 4.78 is 30.0. The minimum Gasteiger partial charge on any atom is -0.310 e. The molecule has 4 rings (SSSR count). The van der Waals surface area contributed by atoms with E-state index in [2.05, 4.69) is 15.1 Å². The lowest BCUT2D eigenvalue weighted by Gasteiger charge is -2.13. The van der Waals surface area contributed by atoms with Crippen molar-refractivity contribution >= 4 is 44.9 Å². The molecule has 0 radical (unpaired) electrons. The van der Waals surface area contributed by atoms with E-state index in [9.17, 15) is 18.0 Å². The summed E-state index contributed by atoms with van der Waals surface area (Å²) in [5.41, 5.74) is 3.81. The van der Waals surface area contributed by atoms with Gasteiger partial charge in [0.15, 0.2) is 0 Å². The molecule has 0 spiro atoms. The van der Waals surface area contributed by atoms with Gasteiger partial charge < -0.3 is 5.32 Å². The van der Waals surface area contributed by atoms with Crippen LogP contribution in [0.4, 0.5) is 11.5 Å². The molecule has 2 heterocycles. The van der Waals surface area contributed by atoms with E-state index in [-0.39, 0.29) is 40.4 Å². The van der Waals surface area contributed by atoms with Crippen LogP contribution in [0.2, 0.25) is 5.02 Å². The first kappa shape index (κ1) is 22.0. The van der Waals surface area contributed by atoms with Crippen LogP contribution in [0, 0.1) is 20.8 Å². The third-order valence-corrected chi connectivity index (χ3v) is 7.25. The second kappa shape index (κ2) is 8.07. The number of aryl methyl sites for hydroxylation is 3. The number of amides is 1. The molecule has 2 aromatic carbocycles. The standard InChI is InChI=1S/C22H21ClN4O4S/c1-12-4-6-16(10-13(12)2)26-32(30,31)18-11-15(5-7-17(18)23)21-14(3)25-27-20(29)9-8-19(28)24-22(21)27/h4-7,10-11,26H,8-9H2,1-3H3,(H,24,28). The summed E-state index contributed by atoms with van der Waals surface area (Å²) in [6.07, 6.45) is 0.0976. The van der Waals surface area contributed by atoms with Gasteiger partial charge in [0, 0.05) is 24.1 Å². The Labute approximate surface area is 190 Å². The Morgan fingerprint density at radius 3 is 2.50 bits per heavy atom. The molecule has 0 saturated heterocycles. The van der Waals surface area contributed by atoms with E-state index in [4.69, 9.17) is 11.6 Å². The molecule has 3 aromatic rings. The van der Waals surface area contributed by atoms with E-state index in [1.165, 1.54) is 12.1 Å². The van der Waals surface area contributed by atoms with Gasteiger partial charge >= 0.3 is 0 Å². The third kappa shape index (κ3) is 4.01. The number of benzene rings is 2. The smallest absolute Gasteiger partial charge is 0.263 e. The first-order valence-corrected chi connectivity index (χ1v) is 11.8. The molecule has 32 heavy (non-hydrogen) atoms. The molecular weight excluding hydrogens is 452 g/mol. The minimum atomic E-state index is -4.01. The lowest BCUT2D eigenvalue weighted by Crippen LogP contribution is -2.14. The first-order chi connectivity index (χ1) is 15.1. The fourth-order valence-electron chi connectivity index (χ4n) is 3.57. The van der Waals surface area contributed by atoms with Gasteiger partial charge in [0.1, 0.15) is 10.7 Å². The minimum absolute atomic E-state index is 0.0412. The SMILES string of the molecule is Cc1ccc(NS(=O)(=O)c2cc(-c3c(C)nn4c3NC(=O)CCC4=O)ccc2Cl)cc1C. The van der Waals surface area contributed by atoms with Crippen LogP contribution in [0.25, 0.3) is 11.1 Å². The molecule has 0 bridgehead atoms. The summed E-state index contributed by atoms with van der Waals surface area (Å²) in [7, 11) is -4.01. The van der Waals surface area contributed by atoms with Gasteiger partial charge in [-0.25, -0.2) is 8.42 Å². The topological polar surface area (TPSA) is 110 Å². The number of carbonyl (C=O) groups is 2. The maximum atomic E-state index is 13.1. The maximum Gasteiger partial charge on any atom is 0.263 e. The van der Waals surface area contributed by atoms with Crippen molar-refractivity contribution < 1.29 is 18.0 Å². The van der Waals surface area contributed by atoms with Crippen LogP contribution >= 0.6 is 11.6 Å². The van der Waals surface area contributed by atoms with Crippen molar-refractivity contribution in [1.29, 1.82) is 0 Å². The molecule has 10 heteroatoms. The molecule has 2 N–H and O–H groups in total. The van der Waals surface area contributed by atoms with E-state index >= 15 is 0 Å².